The summed E-state index contributed by atoms with van der Waals surface area (Å²) in [6.07, 6.45) is 8.29. The predicted octanol–water partition coefficient (Wildman–Crippen LogP) is 2.52. The molecule has 4 rings (SSSR count). The van der Waals surface area contributed by atoms with Crippen molar-refractivity contribution in [3.05, 3.63) is 47.8 Å². The van der Waals surface area contributed by atoms with E-state index in [0.29, 0.717) is 11.5 Å². The number of nitrogens with zero attached hydrogens (tertiary/aromatic N) is 6. The van der Waals surface area contributed by atoms with Gasteiger partial charge in [-0.05, 0) is 6.08 Å². The van der Waals surface area contributed by atoms with Crippen LogP contribution in [0.25, 0.3) is 0 Å². The van der Waals surface area contributed by atoms with Crippen LogP contribution in [0, 0.1) is 11.6 Å². The number of fused-ring (bicyclic) bond motifs is 1. The van der Waals surface area contributed by atoms with Crippen molar-refractivity contribution in [1.82, 2.24) is 14.7 Å². The van der Waals surface area contributed by atoms with Crippen molar-refractivity contribution < 1.29 is 18.3 Å². The van der Waals surface area contributed by atoms with Gasteiger partial charge in [-0.3, -0.25) is 14.7 Å². The van der Waals surface area contributed by atoms with Crippen LogP contribution in [-0.4, -0.2) is 65.9 Å². The molecule has 10 heteroatoms. The van der Waals surface area contributed by atoms with E-state index < -0.39 is 23.5 Å². The summed E-state index contributed by atoms with van der Waals surface area (Å²) in [7, 11) is 6.15. The van der Waals surface area contributed by atoms with Crippen LogP contribution in [0.4, 0.5) is 14.5 Å². The van der Waals surface area contributed by atoms with Crippen LogP contribution in [0.1, 0.15) is 5.56 Å². The number of rotatable bonds is 4. The Balaban J connectivity index is 1.73. The van der Waals surface area contributed by atoms with Crippen molar-refractivity contribution in [2.24, 2.45) is 22.0 Å². The molecule has 0 amide bonds. The summed E-state index contributed by atoms with van der Waals surface area (Å²) < 4.78 is 41.1. The van der Waals surface area contributed by atoms with Crippen molar-refractivity contribution in [3.63, 3.8) is 0 Å². The highest BCUT2D eigenvalue weighted by molar-refractivity contribution is 6.38. The fraction of sp³-hybridized carbons (Fsp3) is 0.300. The normalized spacial score (nSPS) is 21.6. The number of benzene rings is 1. The van der Waals surface area contributed by atoms with Gasteiger partial charge in [0.05, 0.1) is 26.1 Å². The van der Waals surface area contributed by atoms with Gasteiger partial charge in [0.15, 0.2) is 23.1 Å². The zero-order chi connectivity index (χ0) is 21.4. The molecule has 2 aromatic rings. The lowest BCUT2D eigenvalue weighted by atomic mass is 10.1. The molecule has 2 aliphatic rings. The standard InChI is InChI=1S/C20H20F2N6O2/c1-27-10-11(8-24-27)13-9-23-12-5-6-16(28(2)20(12)25-13)26-19-17(21)14(29-3)7-15(30-4)18(19)22/h5-10,12,20H,1-4H3. The fourth-order valence-electron chi connectivity index (χ4n) is 3.29. The lowest BCUT2D eigenvalue weighted by molar-refractivity contribution is 0.342. The number of aromatic nitrogens is 2. The van der Waals surface area contributed by atoms with Crippen molar-refractivity contribution in [2.45, 2.75) is 12.2 Å². The minimum Gasteiger partial charge on any atom is -0.493 e. The molecule has 0 saturated carbocycles. The Bertz CT molecular complexity index is 1080. The van der Waals surface area contributed by atoms with E-state index in [1.54, 1.807) is 41.2 Å². The first-order chi connectivity index (χ1) is 14.4. The van der Waals surface area contributed by atoms with E-state index in [0.717, 1.165) is 11.6 Å². The molecule has 0 spiro atoms. The quantitative estimate of drug-likeness (QED) is 0.771. The minimum absolute atomic E-state index is 0.160. The Morgan fingerprint density at radius 1 is 1.10 bits per heavy atom. The number of likely N-dealkylation sites (N-methyl/N-ethyl adjacent to an activating group) is 1. The Kier molecular flexibility index (Phi) is 5.06. The molecule has 3 heterocycles. The SMILES string of the molecule is COc1cc(OC)c(F)c(N=C2C=CC3N=CC(c4cnn(C)c4)=NC3N2C)c1F. The van der Waals surface area contributed by atoms with Crippen molar-refractivity contribution in [1.29, 1.82) is 0 Å². The smallest absolute Gasteiger partial charge is 0.193 e. The number of aliphatic imine (C=N–C) groups is 3. The monoisotopic (exact) mass is 414 g/mol. The largest absolute Gasteiger partial charge is 0.493 e. The predicted molar refractivity (Wildman–Crippen MR) is 109 cm³/mol. The molecular weight excluding hydrogens is 394 g/mol. The summed E-state index contributed by atoms with van der Waals surface area (Å²) in [6, 6.07) is 0.911. The zero-order valence-electron chi connectivity index (χ0n) is 16.9. The summed E-state index contributed by atoms with van der Waals surface area (Å²) in [5, 5.41) is 4.15. The number of amidine groups is 1. The maximum Gasteiger partial charge on any atom is 0.193 e. The second-order valence-electron chi connectivity index (χ2n) is 6.80. The first-order valence-electron chi connectivity index (χ1n) is 9.12. The summed E-state index contributed by atoms with van der Waals surface area (Å²) in [6.45, 7) is 0. The van der Waals surface area contributed by atoms with Crippen molar-refractivity contribution in [2.75, 3.05) is 21.3 Å². The van der Waals surface area contributed by atoms with Crippen LogP contribution in [0.5, 0.6) is 11.5 Å². The number of halogens is 2. The molecule has 0 fully saturated rings. The number of hydrogen-bond acceptors (Lipinski definition) is 6. The molecule has 2 aliphatic heterocycles. The average molecular weight is 414 g/mol. The van der Waals surface area contributed by atoms with Gasteiger partial charge >= 0.3 is 0 Å². The van der Waals surface area contributed by atoms with Gasteiger partial charge in [0.1, 0.15) is 23.7 Å². The minimum atomic E-state index is -0.909. The third kappa shape index (κ3) is 3.34. The van der Waals surface area contributed by atoms with Gasteiger partial charge in [-0.15, -0.1) is 0 Å². The molecule has 2 atom stereocenters. The van der Waals surface area contributed by atoms with Crippen LogP contribution in [-0.2, 0) is 7.05 Å². The second kappa shape index (κ2) is 7.69. The van der Waals surface area contributed by atoms with Gasteiger partial charge in [0.25, 0.3) is 0 Å². The molecule has 0 radical (unpaired) electrons. The topological polar surface area (TPSA) is 76.6 Å². The molecular formula is C20H20F2N6O2. The van der Waals surface area contributed by atoms with E-state index in [2.05, 4.69) is 15.1 Å². The highest BCUT2D eigenvalue weighted by atomic mass is 19.1. The maximum atomic E-state index is 14.7. The number of methoxy groups -OCH3 is 2. The molecule has 1 aromatic heterocycles. The van der Waals surface area contributed by atoms with Gasteiger partial charge in [-0.2, -0.15) is 5.10 Å². The first kappa shape index (κ1) is 19.7. The van der Waals surface area contributed by atoms with Gasteiger partial charge < -0.3 is 14.4 Å². The average Bonchev–Trinajstić information content (AvgIpc) is 3.19. The third-order valence-corrected chi connectivity index (χ3v) is 4.92. The summed E-state index contributed by atoms with van der Waals surface area (Å²) in [5.41, 5.74) is 1.01. The molecule has 0 saturated heterocycles. The molecule has 2 unspecified atom stereocenters. The van der Waals surface area contributed by atoms with E-state index in [1.807, 2.05) is 13.2 Å². The van der Waals surface area contributed by atoms with Crippen molar-refractivity contribution in [3.8, 4) is 11.5 Å². The lowest BCUT2D eigenvalue weighted by Crippen LogP contribution is -2.46. The fourth-order valence-corrected chi connectivity index (χ4v) is 3.29. The first-order valence-corrected chi connectivity index (χ1v) is 9.12. The molecule has 0 aliphatic carbocycles. The number of hydrogen-bond donors (Lipinski definition) is 0. The third-order valence-electron chi connectivity index (χ3n) is 4.92. The van der Waals surface area contributed by atoms with Crippen LogP contribution < -0.4 is 9.47 Å². The summed E-state index contributed by atoms with van der Waals surface area (Å²) in [5.74, 6) is -1.81. The Hall–Kier alpha value is -3.56. The summed E-state index contributed by atoms with van der Waals surface area (Å²) >= 11 is 0. The van der Waals surface area contributed by atoms with E-state index in [4.69, 9.17) is 14.5 Å². The number of aryl methyl sites for hydroxylation is 1. The Morgan fingerprint density at radius 3 is 2.40 bits per heavy atom. The molecule has 30 heavy (non-hydrogen) atoms. The lowest BCUT2D eigenvalue weighted by Gasteiger charge is -2.35. The van der Waals surface area contributed by atoms with Gasteiger partial charge in [0, 0.05) is 38.1 Å². The van der Waals surface area contributed by atoms with Gasteiger partial charge in [0.2, 0.25) is 0 Å². The molecule has 1 aromatic carbocycles. The van der Waals surface area contributed by atoms with Crippen LogP contribution in [0.2, 0.25) is 0 Å². The summed E-state index contributed by atoms with van der Waals surface area (Å²) in [4.78, 5) is 15.2. The maximum absolute atomic E-state index is 14.7. The van der Waals surface area contributed by atoms with E-state index >= 15 is 0 Å². The van der Waals surface area contributed by atoms with E-state index in [1.165, 1.54) is 14.2 Å². The van der Waals surface area contributed by atoms with Gasteiger partial charge in [-0.25, -0.2) is 13.8 Å². The van der Waals surface area contributed by atoms with Crippen LogP contribution >= 0.6 is 0 Å². The molecule has 0 N–H and O–H groups in total. The second-order valence-corrected chi connectivity index (χ2v) is 6.80. The molecule has 156 valence electrons. The highest BCUT2D eigenvalue weighted by Crippen LogP contribution is 2.37. The van der Waals surface area contributed by atoms with Crippen molar-refractivity contribution >= 4 is 23.4 Å². The van der Waals surface area contributed by atoms with Crippen LogP contribution in [0.3, 0.4) is 0 Å². The van der Waals surface area contributed by atoms with E-state index in [9.17, 15) is 8.78 Å². The van der Waals surface area contributed by atoms with Gasteiger partial charge in [-0.1, -0.05) is 6.08 Å². The van der Waals surface area contributed by atoms with Crippen LogP contribution in [0.15, 0.2) is 45.6 Å². The Labute approximate surface area is 171 Å². The van der Waals surface area contributed by atoms with E-state index in [-0.39, 0.29) is 17.5 Å². The number of ether oxygens (including phenoxy) is 2. The molecule has 8 nitrogen and oxygen atoms in total. The Morgan fingerprint density at radius 2 is 1.80 bits per heavy atom. The zero-order valence-corrected chi connectivity index (χ0v) is 16.9. The highest BCUT2D eigenvalue weighted by Gasteiger charge is 2.31. The molecule has 0 bridgehead atoms.